The molecule has 0 saturated heterocycles. The number of amides is 1. The number of ether oxygens (including phenoxy) is 1. The Morgan fingerprint density at radius 1 is 1.38 bits per heavy atom. The predicted octanol–water partition coefficient (Wildman–Crippen LogP) is 3.12. The molecule has 3 N–H and O–H groups in total. The number of hydrogen-bond donors (Lipinski definition) is 2. The standard InChI is InChI=1S/C17H26N2O2/c1-13(14-6-3-2-4-7-14)19-17(20)10-11-21-16-9-5-8-15(18)12-16/h5,8-9,12-14H,2-4,6-7,10-11,18H2,1H3,(H,19,20). The van der Waals surface area contributed by atoms with Crippen molar-refractivity contribution in [2.45, 2.75) is 51.5 Å². The van der Waals surface area contributed by atoms with Crippen LogP contribution in [0.1, 0.15) is 45.4 Å². The van der Waals surface area contributed by atoms with E-state index in [0.29, 0.717) is 30.4 Å². The second-order valence-electron chi connectivity index (χ2n) is 5.93. The highest BCUT2D eigenvalue weighted by molar-refractivity contribution is 5.76. The van der Waals surface area contributed by atoms with Crippen LogP contribution in [0.5, 0.6) is 5.75 Å². The fraction of sp³-hybridized carbons (Fsp3) is 0.588. The van der Waals surface area contributed by atoms with E-state index in [2.05, 4.69) is 12.2 Å². The molecule has 1 aromatic rings. The number of nitrogens with one attached hydrogen (secondary N) is 1. The summed E-state index contributed by atoms with van der Waals surface area (Å²) < 4.78 is 5.54. The first-order valence-corrected chi connectivity index (χ1v) is 7.93. The van der Waals surface area contributed by atoms with Crippen LogP contribution in [0.4, 0.5) is 5.69 Å². The van der Waals surface area contributed by atoms with Gasteiger partial charge in [0.1, 0.15) is 5.75 Å². The van der Waals surface area contributed by atoms with Crippen LogP contribution in [0, 0.1) is 5.92 Å². The molecule has 1 unspecified atom stereocenters. The molecule has 1 aliphatic carbocycles. The number of hydrogen-bond acceptors (Lipinski definition) is 3. The van der Waals surface area contributed by atoms with Crippen LogP contribution in [0.15, 0.2) is 24.3 Å². The summed E-state index contributed by atoms with van der Waals surface area (Å²) in [5.74, 6) is 1.41. The molecule has 1 saturated carbocycles. The van der Waals surface area contributed by atoms with Gasteiger partial charge in [-0.1, -0.05) is 25.3 Å². The lowest BCUT2D eigenvalue weighted by Crippen LogP contribution is -2.39. The van der Waals surface area contributed by atoms with E-state index in [9.17, 15) is 4.79 Å². The minimum Gasteiger partial charge on any atom is -0.493 e. The highest BCUT2D eigenvalue weighted by atomic mass is 16.5. The van der Waals surface area contributed by atoms with Crippen molar-refractivity contribution in [2.24, 2.45) is 5.92 Å². The Balaban J connectivity index is 1.67. The molecule has 1 aromatic carbocycles. The Bertz CT molecular complexity index is 456. The van der Waals surface area contributed by atoms with Gasteiger partial charge in [0.2, 0.25) is 5.91 Å². The first-order valence-electron chi connectivity index (χ1n) is 7.93. The molecule has 1 fully saturated rings. The number of nitrogen functional groups attached to an aromatic ring is 1. The van der Waals surface area contributed by atoms with Gasteiger partial charge in [-0.25, -0.2) is 0 Å². The average molecular weight is 290 g/mol. The third-order valence-electron chi connectivity index (χ3n) is 4.20. The van der Waals surface area contributed by atoms with Crippen molar-refractivity contribution >= 4 is 11.6 Å². The van der Waals surface area contributed by atoms with Gasteiger partial charge in [0, 0.05) is 17.8 Å². The SMILES string of the molecule is CC(NC(=O)CCOc1cccc(N)c1)C1CCCCC1. The van der Waals surface area contributed by atoms with Crippen molar-refractivity contribution in [1.82, 2.24) is 5.32 Å². The first kappa shape index (κ1) is 15.7. The average Bonchev–Trinajstić information content (AvgIpc) is 2.48. The first-order chi connectivity index (χ1) is 10.1. The monoisotopic (exact) mass is 290 g/mol. The highest BCUT2D eigenvalue weighted by Gasteiger charge is 2.21. The van der Waals surface area contributed by atoms with Crippen LogP contribution in [-0.4, -0.2) is 18.6 Å². The van der Waals surface area contributed by atoms with Crippen LogP contribution >= 0.6 is 0 Å². The summed E-state index contributed by atoms with van der Waals surface area (Å²) in [6.07, 6.45) is 6.78. The lowest BCUT2D eigenvalue weighted by molar-refractivity contribution is -0.122. The Morgan fingerprint density at radius 3 is 2.86 bits per heavy atom. The van der Waals surface area contributed by atoms with E-state index < -0.39 is 0 Å². The molecule has 0 radical (unpaired) electrons. The molecule has 4 nitrogen and oxygen atoms in total. The second-order valence-corrected chi connectivity index (χ2v) is 5.93. The summed E-state index contributed by atoms with van der Waals surface area (Å²) in [5.41, 5.74) is 6.35. The summed E-state index contributed by atoms with van der Waals surface area (Å²) in [7, 11) is 0. The van der Waals surface area contributed by atoms with E-state index in [4.69, 9.17) is 10.5 Å². The molecule has 2 rings (SSSR count). The fourth-order valence-electron chi connectivity index (χ4n) is 2.94. The smallest absolute Gasteiger partial charge is 0.223 e. The Hall–Kier alpha value is -1.71. The molecule has 21 heavy (non-hydrogen) atoms. The van der Waals surface area contributed by atoms with Gasteiger partial charge in [-0.05, 0) is 37.8 Å². The van der Waals surface area contributed by atoms with Crippen LogP contribution in [0.3, 0.4) is 0 Å². The minimum atomic E-state index is 0.0666. The summed E-state index contributed by atoms with van der Waals surface area (Å²) in [5, 5.41) is 3.10. The third-order valence-corrected chi connectivity index (χ3v) is 4.20. The number of carbonyl (C=O) groups is 1. The van der Waals surface area contributed by atoms with Crippen molar-refractivity contribution < 1.29 is 9.53 Å². The third kappa shape index (κ3) is 5.29. The molecule has 116 valence electrons. The van der Waals surface area contributed by atoms with Crippen LogP contribution in [-0.2, 0) is 4.79 Å². The van der Waals surface area contributed by atoms with Gasteiger partial charge in [-0.15, -0.1) is 0 Å². The largest absolute Gasteiger partial charge is 0.493 e. The molecule has 0 bridgehead atoms. The molecule has 1 aliphatic rings. The second kappa shape index (κ2) is 7.91. The molecular formula is C17H26N2O2. The van der Waals surface area contributed by atoms with Gasteiger partial charge in [0.25, 0.3) is 0 Å². The number of carbonyl (C=O) groups excluding carboxylic acids is 1. The number of anilines is 1. The maximum atomic E-state index is 11.9. The number of nitrogens with two attached hydrogens (primary N) is 1. The molecule has 0 heterocycles. The van der Waals surface area contributed by atoms with E-state index in [-0.39, 0.29) is 11.9 Å². The van der Waals surface area contributed by atoms with Crippen molar-refractivity contribution in [3.63, 3.8) is 0 Å². The maximum Gasteiger partial charge on any atom is 0.223 e. The van der Waals surface area contributed by atoms with Crippen molar-refractivity contribution in [3.8, 4) is 5.75 Å². The van der Waals surface area contributed by atoms with Gasteiger partial charge in [0.05, 0.1) is 13.0 Å². The number of benzene rings is 1. The molecular weight excluding hydrogens is 264 g/mol. The van der Waals surface area contributed by atoms with Crippen molar-refractivity contribution in [2.75, 3.05) is 12.3 Å². The molecule has 1 amide bonds. The lowest BCUT2D eigenvalue weighted by Gasteiger charge is -2.28. The van der Waals surface area contributed by atoms with Gasteiger partial charge >= 0.3 is 0 Å². The zero-order chi connectivity index (χ0) is 15.1. The lowest BCUT2D eigenvalue weighted by atomic mass is 9.84. The molecule has 1 atom stereocenters. The van der Waals surface area contributed by atoms with E-state index in [0.717, 1.165) is 0 Å². The van der Waals surface area contributed by atoms with Gasteiger partial charge in [-0.3, -0.25) is 4.79 Å². The van der Waals surface area contributed by atoms with Crippen LogP contribution in [0.2, 0.25) is 0 Å². The van der Waals surface area contributed by atoms with Gasteiger partial charge < -0.3 is 15.8 Å². The molecule has 4 heteroatoms. The van der Waals surface area contributed by atoms with E-state index >= 15 is 0 Å². The molecule has 0 spiro atoms. The summed E-state index contributed by atoms with van der Waals surface area (Å²) in [6, 6.07) is 7.54. The summed E-state index contributed by atoms with van der Waals surface area (Å²) in [4.78, 5) is 11.9. The highest BCUT2D eigenvalue weighted by Crippen LogP contribution is 2.26. The molecule has 0 aliphatic heterocycles. The Labute approximate surface area is 127 Å². The molecule has 0 aromatic heterocycles. The van der Waals surface area contributed by atoms with Crippen molar-refractivity contribution in [1.29, 1.82) is 0 Å². The normalized spacial score (nSPS) is 17.2. The minimum absolute atomic E-state index is 0.0666. The summed E-state index contributed by atoms with van der Waals surface area (Å²) >= 11 is 0. The van der Waals surface area contributed by atoms with Gasteiger partial charge in [0.15, 0.2) is 0 Å². The van der Waals surface area contributed by atoms with E-state index in [1.54, 1.807) is 6.07 Å². The van der Waals surface area contributed by atoms with E-state index in [1.807, 2.05) is 18.2 Å². The number of rotatable bonds is 6. The summed E-state index contributed by atoms with van der Waals surface area (Å²) in [6.45, 7) is 2.50. The van der Waals surface area contributed by atoms with Crippen molar-refractivity contribution in [3.05, 3.63) is 24.3 Å². The fourth-order valence-corrected chi connectivity index (χ4v) is 2.94. The topological polar surface area (TPSA) is 64.3 Å². The van der Waals surface area contributed by atoms with Crippen LogP contribution < -0.4 is 15.8 Å². The van der Waals surface area contributed by atoms with E-state index in [1.165, 1.54) is 32.1 Å². The Kier molecular flexibility index (Phi) is 5.90. The zero-order valence-electron chi connectivity index (χ0n) is 12.8. The maximum absolute atomic E-state index is 11.9. The Morgan fingerprint density at radius 2 is 2.14 bits per heavy atom. The zero-order valence-corrected chi connectivity index (χ0v) is 12.8. The van der Waals surface area contributed by atoms with Crippen LogP contribution in [0.25, 0.3) is 0 Å². The quantitative estimate of drug-likeness (QED) is 0.791. The predicted molar refractivity (Wildman–Crippen MR) is 85.1 cm³/mol. The van der Waals surface area contributed by atoms with Gasteiger partial charge in [-0.2, -0.15) is 0 Å².